The number of rotatable bonds is 6. The van der Waals surface area contributed by atoms with Crippen LogP contribution < -0.4 is 24.8 Å². The normalized spacial score (nSPS) is 16.9. The number of hydrogen-bond acceptors (Lipinski definition) is 0. The molecule has 2 unspecified atom stereocenters. The molecule has 0 bridgehead atoms. The molecule has 0 nitrogen and oxygen atoms in total. The molecular formula is C41H39Cl2SiZr. The van der Waals surface area contributed by atoms with E-state index in [4.69, 9.17) is 0 Å². The smallest absolute Gasteiger partial charge is 1.00 e. The summed E-state index contributed by atoms with van der Waals surface area (Å²) in [4.78, 5) is 0. The van der Waals surface area contributed by atoms with Crippen molar-refractivity contribution in [3.05, 3.63) is 165 Å². The second-order valence-electron chi connectivity index (χ2n) is 12.8. The topological polar surface area (TPSA) is 0 Å². The number of halogens is 2. The Morgan fingerprint density at radius 1 is 0.511 bits per heavy atom. The monoisotopic (exact) mass is 719 g/mol. The summed E-state index contributed by atoms with van der Waals surface area (Å²) in [7, 11) is 0. The third-order valence-electron chi connectivity index (χ3n) is 9.94. The van der Waals surface area contributed by atoms with Gasteiger partial charge in [-0.05, 0) is 0 Å². The molecule has 5 aromatic carbocycles. The van der Waals surface area contributed by atoms with Gasteiger partial charge >= 0.3 is 265 Å². The van der Waals surface area contributed by atoms with Gasteiger partial charge in [0.2, 0.25) is 0 Å². The van der Waals surface area contributed by atoms with Crippen LogP contribution in [-0.4, -0.2) is 6.88 Å². The van der Waals surface area contributed by atoms with Crippen molar-refractivity contribution in [2.45, 2.75) is 39.1 Å². The predicted molar refractivity (Wildman–Crippen MR) is 185 cm³/mol. The number of hydrogen-bond donors (Lipinski definition) is 0. The van der Waals surface area contributed by atoms with Gasteiger partial charge in [-0.1, -0.05) is 0 Å². The van der Waals surface area contributed by atoms with Crippen molar-refractivity contribution < 1.29 is 43.7 Å². The SMILES string of the molecule is CC1=Cc2c(-c3ccccc3)ccc(C)c2[CH]1[Zr+2](=[SiH2])([CH2]c1ccccc1)[CH]1C(C)=Cc2c(-c3ccccc3)ccc(C)c21.[Cl-].[Cl-]. The van der Waals surface area contributed by atoms with Gasteiger partial charge in [0.15, 0.2) is 0 Å². The summed E-state index contributed by atoms with van der Waals surface area (Å²) in [6.45, 7) is 12.1. The standard InChI is InChI=1S/2C17H15.C7H7.2ClH.H2Si.Zr/c2*1-12-10-16-13(2)8-9-15(17(16)11-12)14-6-4-3-5-7-14;1-7-5-3-2-4-6-7;;;;/h2*3-11H,1-2H3;2-6H,1H2;2*1H;1H2;/q;;;;;;+2/p-2. The predicted octanol–water partition coefficient (Wildman–Crippen LogP) is 4.16. The molecule has 0 heterocycles. The first-order chi connectivity index (χ1) is 20.9. The minimum absolute atomic E-state index is 0. The minimum atomic E-state index is -3.26. The molecule has 4 heteroatoms. The molecule has 45 heavy (non-hydrogen) atoms. The van der Waals surface area contributed by atoms with Gasteiger partial charge in [-0.3, -0.25) is 0 Å². The fourth-order valence-electron chi connectivity index (χ4n) is 8.21. The van der Waals surface area contributed by atoms with Crippen molar-refractivity contribution in [1.29, 1.82) is 0 Å². The van der Waals surface area contributed by atoms with Crippen LogP contribution in [0.5, 0.6) is 0 Å². The molecule has 2 aliphatic rings. The van der Waals surface area contributed by atoms with Crippen LogP contribution in [0.1, 0.15) is 60.0 Å². The summed E-state index contributed by atoms with van der Waals surface area (Å²) in [6.07, 6.45) is 5.12. The molecule has 7 rings (SSSR count). The summed E-state index contributed by atoms with van der Waals surface area (Å²) in [6, 6.07) is 42.9. The molecule has 2 atom stereocenters. The van der Waals surface area contributed by atoms with Crippen LogP contribution >= 0.6 is 0 Å². The van der Waals surface area contributed by atoms with Gasteiger partial charge in [0.25, 0.3) is 0 Å². The van der Waals surface area contributed by atoms with Gasteiger partial charge in [-0.2, -0.15) is 0 Å². The summed E-state index contributed by atoms with van der Waals surface area (Å²) >= 11 is -3.26. The van der Waals surface area contributed by atoms with Crippen LogP contribution in [0.15, 0.2) is 126 Å². The van der Waals surface area contributed by atoms with E-state index in [1.165, 1.54) is 54.2 Å². The van der Waals surface area contributed by atoms with Crippen molar-refractivity contribution in [3.8, 4) is 22.3 Å². The molecule has 225 valence electrons. The first-order valence-electron chi connectivity index (χ1n) is 15.5. The molecule has 5 aromatic rings. The van der Waals surface area contributed by atoms with Crippen LogP contribution in [0.4, 0.5) is 0 Å². The molecule has 0 amide bonds. The maximum absolute atomic E-state index is 3.26. The number of aryl methyl sites for hydroxylation is 2. The van der Waals surface area contributed by atoms with E-state index in [1.54, 1.807) is 22.3 Å². The van der Waals surface area contributed by atoms with Crippen molar-refractivity contribution in [3.63, 3.8) is 0 Å². The molecule has 0 saturated heterocycles. The van der Waals surface area contributed by atoms with Crippen LogP contribution in [0, 0.1) is 13.8 Å². The Hall–Kier alpha value is -2.74. The Morgan fingerprint density at radius 3 is 1.29 bits per heavy atom. The van der Waals surface area contributed by atoms with Crippen LogP contribution in [0.3, 0.4) is 0 Å². The van der Waals surface area contributed by atoms with Gasteiger partial charge in [0, 0.05) is 0 Å². The van der Waals surface area contributed by atoms with Crippen molar-refractivity contribution >= 4 is 19.0 Å². The average molecular weight is 722 g/mol. The Morgan fingerprint density at radius 2 is 0.889 bits per heavy atom. The fourth-order valence-corrected chi connectivity index (χ4v) is 30.0. The first kappa shape index (κ1) is 33.6. The molecule has 0 aliphatic heterocycles. The Balaban J connectivity index is 0.00000200. The molecular weight excluding hydrogens is 683 g/mol. The third-order valence-corrected chi connectivity index (χ3v) is 28.2. The van der Waals surface area contributed by atoms with Crippen LogP contribution in [-0.2, 0) is 23.0 Å². The van der Waals surface area contributed by atoms with E-state index in [0.717, 1.165) is 0 Å². The van der Waals surface area contributed by atoms with Gasteiger partial charge in [0.1, 0.15) is 0 Å². The van der Waals surface area contributed by atoms with Crippen molar-refractivity contribution in [2.24, 2.45) is 0 Å². The Labute approximate surface area is 287 Å². The second-order valence-corrected chi connectivity index (χ2v) is 30.3. The summed E-state index contributed by atoms with van der Waals surface area (Å²) in [5, 5.41) is 0. The quantitative estimate of drug-likeness (QED) is 0.231. The van der Waals surface area contributed by atoms with E-state index in [-0.39, 0.29) is 24.8 Å². The summed E-state index contributed by atoms with van der Waals surface area (Å²) in [5.41, 5.74) is 19.1. The van der Waals surface area contributed by atoms with Crippen LogP contribution in [0.25, 0.3) is 34.4 Å². The Bertz CT molecular complexity index is 1840. The summed E-state index contributed by atoms with van der Waals surface area (Å²) < 4.78 is 2.26. The zero-order valence-electron chi connectivity index (χ0n) is 26.4. The van der Waals surface area contributed by atoms with Gasteiger partial charge in [0.05, 0.1) is 0 Å². The molecule has 0 radical (unpaired) electrons. The molecule has 0 spiro atoms. The second kappa shape index (κ2) is 13.5. The van der Waals surface area contributed by atoms with Gasteiger partial charge in [-0.15, -0.1) is 0 Å². The number of allylic oxidation sites excluding steroid dienone is 2. The summed E-state index contributed by atoms with van der Waals surface area (Å²) in [5.74, 6) is 0. The molecule has 0 fully saturated rings. The van der Waals surface area contributed by atoms with Gasteiger partial charge in [-0.25, -0.2) is 0 Å². The molecule has 2 aliphatic carbocycles. The average Bonchev–Trinajstić information content (AvgIpc) is 3.57. The molecule has 0 saturated carbocycles. The maximum Gasteiger partial charge on any atom is -1.00 e. The number of fused-ring (bicyclic) bond motifs is 2. The van der Waals surface area contributed by atoms with Gasteiger partial charge < -0.3 is 24.8 Å². The van der Waals surface area contributed by atoms with Crippen LogP contribution in [0.2, 0.25) is 0 Å². The van der Waals surface area contributed by atoms with E-state index in [0.29, 0.717) is 7.25 Å². The molecule has 0 N–H and O–H groups in total. The minimum Gasteiger partial charge on any atom is -1.00 e. The number of benzene rings is 5. The van der Waals surface area contributed by atoms with E-state index < -0.39 is 18.9 Å². The largest absolute Gasteiger partial charge is 1.00 e. The zero-order valence-corrected chi connectivity index (χ0v) is 31.8. The first-order valence-corrected chi connectivity index (χ1v) is 26.0. The fraction of sp³-hybridized carbons (Fsp3) is 0.171. The van der Waals surface area contributed by atoms with E-state index >= 15 is 0 Å². The maximum atomic E-state index is 2.56. The molecule has 0 aromatic heterocycles. The van der Waals surface area contributed by atoms with E-state index in [9.17, 15) is 0 Å². The Kier molecular flexibility index (Phi) is 10.1. The third kappa shape index (κ3) is 5.85. The van der Waals surface area contributed by atoms with E-state index in [1.807, 2.05) is 0 Å². The van der Waals surface area contributed by atoms with Crippen molar-refractivity contribution in [2.75, 3.05) is 0 Å². The van der Waals surface area contributed by atoms with Crippen molar-refractivity contribution in [1.82, 2.24) is 0 Å². The van der Waals surface area contributed by atoms with E-state index in [2.05, 4.69) is 162 Å². The zero-order chi connectivity index (χ0) is 29.7.